The molecule has 1 aromatic heterocycles. The SMILES string of the molecule is O=C(/C=C/c1ccccc1)N1CC(Cn2ccnn2)C1. The van der Waals surface area contributed by atoms with Crippen LogP contribution in [0.3, 0.4) is 0 Å². The van der Waals surface area contributed by atoms with E-state index in [0.717, 1.165) is 25.2 Å². The Kier molecular flexibility index (Phi) is 3.58. The van der Waals surface area contributed by atoms with Crippen LogP contribution in [0.5, 0.6) is 0 Å². The second kappa shape index (κ2) is 5.69. The molecule has 3 rings (SSSR count). The van der Waals surface area contributed by atoms with E-state index in [9.17, 15) is 4.79 Å². The Morgan fingerprint density at radius 3 is 2.80 bits per heavy atom. The highest BCUT2D eigenvalue weighted by atomic mass is 16.2. The fourth-order valence-corrected chi connectivity index (χ4v) is 2.30. The van der Waals surface area contributed by atoms with Crippen LogP contribution in [0.4, 0.5) is 0 Å². The lowest BCUT2D eigenvalue weighted by molar-refractivity contribution is -0.132. The number of nitrogens with zero attached hydrogens (tertiary/aromatic N) is 4. The van der Waals surface area contributed by atoms with Gasteiger partial charge in [0.2, 0.25) is 5.91 Å². The van der Waals surface area contributed by atoms with Crippen molar-refractivity contribution >= 4 is 12.0 Å². The molecule has 0 atom stereocenters. The van der Waals surface area contributed by atoms with Crippen molar-refractivity contribution in [2.45, 2.75) is 6.54 Å². The van der Waals surface area contributed by atoms with Gasteiger partial charge in [-0.3, -0.25) is 9.48 Å². The lowest BCUT2D eigenvalue weighted by atomic mass is 10.00. The Bertz CT molecular complexity index is 586. The number of rotatable bonds is 4. The molecule has 0 radical (unpaired) electrons. The van der Waals surface area contributed by atoms with E-state index in [1.807, 2.05) is 52.2 Å². The molecule has 0 spiro atoms. The maximum absolute atomic E-state index is 12.0. The number of benzene rings is 1. The maximum atomic E-state index is 12.0. The Labute approximate surface area is 117 Å². The standard InChI is InChI=1S/C15H16N4O/c20-15(7-6-13-4-2-1-3-5-13)18-10-14(11-18)12-19-9-8-16-17-19/h1-9,14H,10-12H2/b7-6+. The van der Waals surface area contributed by atoms with Gasteiger partial charge in [0.15, 0.2) is 0 Å². The first-order chi connectivity index (χ1) is 9.81. The van der Waals surface area contributed by atoms with Crippen LogP contribution < -0.4 is 0 Å². The number of amides is 1. The monoisotopic (exact) mass is 268 g/mol. The predicted octanol–water partition coefficient (Wildman–Crippen LogP) is 1.45. The van der Waals surface area contributed by atoms with Crippen molar-refractivity contribution in [2.75, 3.05) is 13.1 Å². The summed E-state index contributed by atoms with van der Waals surface area (Å²) in [6, 6.07) is 9.84. The second-order valence-corrected chi connectivity index (χ2v) is 4.98. The molecule has 5 nitrogen and oxygen atoms in total. The van der Waals surface area contributed by atoms with Gasteiger partial charge in [0, 0.05) is 37.8 Å². The van der Waals surface area contributed by atoms with Crippen molar-refractivity contribution < 1.29 is 4.79 Å². The molecule has 1 aromatic carbocycles. The third-order valence-corrected chi connectivity index (χ3v) is 3.40. The smallest absolute Gasteiger partial charge is 0.246 e. The van der Waals surface area contributed by atoms with Crippen molar-refractivity contribution in [2.24, 2.45) is 5.92 Å². The molecule has 2 heterocycles. The average molecular weight is 268 g/mol. The summed E-state index contributed by atoms with van der Waals surface area (Å²) in [5.74, 6) is 0.550. The molecule has 1 aliphatic rings. The molecular weight excluding hydrogens is 252 g/mol. The third kappa shape index (κ3) is 2.93. The fourth-order valence-electron chi connectivity index (χ4n) is 2.30. The van der Waals surface area contributed by atoms with E-state index in [2.05, 4.69) is 10.3 Å². The van der Waals surface area contributed by atoms with Crippen LogP contribution >= 0.6 is 0 Å². The van der Waals surface area contributed by atoms with E-state index in [0.29, 0.717) is 5.92 Å². The summed E-state index contributed by atoms with van der Waals surface area (Å²) in [7, 11) is 0. The summed E-state index contributed by atoms with van der Waals surface area (Å²) in [5, 5.41) is 7.71. The highest BCUT2D eigenvalue weighted by Crippen LogP contribution is 2.17. The summed E-state index contributed by atoms with van der Waals surface area (Å²) >= 11 is 0. The van der Waals surface area contributed by atoms with Crippen molar-refractivity contribution in [3.05, 3.63) is 54.4 Å². The number of hydrogen-bond acceptors (Lipinski definition) is 3. The van der Waals surface area contributed by atoms with E-state index in [1.54, 1.807) is 12.3 Å². The lowest BCUT2D eigenvalue weighted by Crippen LogP contribution is -2.50. The van der Waals surface area contributed by atoms with Gasteiger partial charge in [0.1, 0.15) is 0 Å². The predicted molar refractivity (Wildman–Crippen MR) is 75.6 cm³/mol. The van der Waals surface area contributed by atoms with Crippen LogP contribution in [-0.4, -0.2) is 38.9 Å². The largest absolute Gasteiger partial charge is 0.338 e. The Hall–Kier alpha value is -2.43. The molecule has 1 amide bonds. The minimum Gasteiger partial charge on any atom is -0.338 e. The van der Waals surface area contributed by atoms with E-state index in [-0.39, 0.29) is 5.91 Å². The molecule has 0 bridgehead atoms. The molecule has 2 aromatic rings. The summed E-state index contributed by atoms with van der Waals surface area (Å²) in [5.41, 5.74) is 1.04. The topological polar surface area (TPSA) is 51.0 Å². The maximum Gasteiger partial charge on any atom is 0.246 e. The molecule has 1 fully saturated rings. The molecule has 0 unspecified atom stereocenters. The summed E-state index contributed by atoms with van der Waals surface area (Å²) in [4.78, 5) is 13.8. The number of carbonyl (C=O) groups excluding carboxylic acids is 1. The van der Waals surface area contributed by atoms with Gasteiger partial charge in [-0.15, -0.1) is 5.10 Å². The number of carbonyl (C=O) groups is 1. The fraction of sp³-hybridized carbons (Fsp3) is 0.267. The van der Waals surface area contributed by atoms with Gasteiger partial charge in [0.25, 0.3) is 0 Å². The van der Waals surface area contributed by atoms with Crippen LogP contribution in [-0.2, 0) is 11.3 Å². The first-order valence-corrected chi connectivity index (χ1v) is 6.67. The third-order valence-electron chi connectivity index (χ3n) is 3.40. The highest BCUT2D eigenvalue weighted by Gasteiger charge is 2.29. The molecule has 0 N–H and O–H groups in total. The van der Waals surface area contributed by atoms with Crippen molar-refractivity contribution in [1.29, 1.82) is 0 Å². The zero-order valence-corrected chi connectivity index (χ0v) is 11.1. The average Bonchev–Trinajstić information content (AvgIpc) is 2.94. The van der Waals surface area contributed by atoms with E-state index >= 15 is 0 Å². The zero-order chi connectivity index (χ0) is 13.8. The molecule has 5 heteroatoms. The second-order valence-electron chi connectivity index (χ2n) is 4.98. The Morgan fingerprint density at radius 2 is 2.10 bits per heavy atom. The van der Waals surface area contributed by atoms with Gasteiger partial charge in [-0.25, -0.2) is 0 Å². The van der Waals surface area contributed by atoms with Gasteiger partial charge < -0.3 is 4.90 Å². The van der Waals surface area contributed by atoms with Crippen LogP contribution in [0.15, 0.2) is 48.8 Å². The van der Waals surface area contributed by atoms with Crippen molar-refractivity contribution in [1.82, 2.24) is 19.9 Å². The summed E-state index contributed by atoms with van der Waals surface area (Å²) in [6.45, 7) is 2.40. The summed E-state index contributed by atoms with van der Waals surface area (Å²) in [6.07, 6.45) is 7.01. The normalized spacial score (nSPS) is 15.5. The van der Waals surface area contributed by atoms with E-state index in [4.69, 9.17) is 0 Å². The number of aromatic nitrogens is 3. The van der Waals surface area contributed by atoms with E-state index < -0.39 is 0 Å². The molecule has 0 saturated carbocycles. The van der Waals surface area contributed by atoms with Crippen LogP contribution in [0.25, 0.3) is 6.08 Å². The molecule has 1 saturated heterocycles. The van der Waals surface area contributed by atoms with Gasteiger partial charge >= 0.3 is 0 Å². The molecule has 102 valence electrons. The first-order valence-electron chi connectivity index (χ1n) is 6.67. The minimum atomic E-state index is 0.0729. The zero-order valence-electron chi connectivity index (χ0n) is 11.1. The molecule has 20 heavy (non-hydrogen) atoms. The highest BCUT2D eigenvalue weighted by molar-refractivity contribution is 5.92. The Morgan fingerprint density at radius 1 is 1.30 bits per heavy atom. The quantitative estimate of drug-likeness (QED) is 0.789. The van der Waals surface area contributed by atoms with Gasteiger partial charge in [-0.1, -0.05) is 35.5 Å². The molecule has 0 aliphatic carbocycles. The van der Waals surface area contributed by atoms with Crippen LogP contribution in [0, 0.1) is 5.92 Å². The number of hydrogen-bond donors (Lipinski definition) is 0. The van der Waals surface area contributed by atoms with Crippen LogP contribution in [0.1, 0.15) is 5.56 Å². The lowest BCUT2D eigenvalue weighted by Gasteiger charge is -2.38. The van der Waals surface area contributed by atoms with Gasteiger partial charge in [0.05, 0.1) is 6.20 Å². The van der Waals surface area contributed by atoms with Crippen molar-refractivity contribution in [3.8, 4) is 0 Å². The Balaban J connectivity index is 1.47. The van der Waals surface area contributed by atoms with Crippen molar-refractivity contribution in [3.63, 3.8) is 0 Å². The van der Waals surface area contributed by atoms with Gasteiger partial charge in [-0.2, -0.15) is 0 Å². The minimum absolute atomic E-state index is 0.0729. The van der Waals surface area contributed by atoms with E-state index in [1.165, 1.54) is 0 Å². The van der Waals surface area contributed by atoms with Gasteiger partial charge in [-0.05, 0) is 11.6 Å². The van der Waals surface area contributed by atoms with Crippen LogP contribution in [0.2, 0.25) is 0 Å². The molecule has 1 aliphatic heterocycles. The first kappa shape index (κ1) is 12.6. The molecular formula is C15H16N4O. The number of likely N-dealkylation sites (tertiary alicyclic amines) is 1. The summed E-state index contributed by atoms with van der Waals surface area (Å²) < 4.78 is 1.81.